The first kappa shape index (κ1) is 17.7. The number of tetrazole rings is 1. The SMILES string of the molecule is CCn1nnnc1NCc1cc(Br)ccc1OCc1ccc(Cl)cc1. The number of nitrogens with one attached hydrogen (secondary N) is 1. The molecule has 0 bridgehead atoms. The average Bonchev–Trinajstić information content (AvgIpc) is 3.08. The van der Waals surface area contributed by atoms with Gasteiger partial charge in [-0.05, 0) is 53.2 Å². The van der Waals surface area contributed by atoms with Crippen molar-refractivity contribution in [3.8, 4) is 5.75 Å². The van der Waals surface area contributed by atoms with Crippen molar-refractivity contribution in [1.29, 1.82) is 0 Å². The first-order valence-electron chi connectivity index (χ1n) is 7.81. The van der Waals surface area contributed by atoms with Gasteiger partial charge in [-0.1, -0.05) is 44.8 Å². The van der Waals surface area contributed by atoms with E-state index in [4.69, 9.17) is 16.3 Å². The van der Waals surface area contributed by atoms with Crippen LogP contribution in [0.2, 0.25) is 5.02 Å². The molecule has 0 unspecified atom stereocenters. The average molecular weight is 423 g/mol. The van der Waals surface area contributed by atoms with Crippen molar-refractivity contribution in [3.05, 3.63) is 63.1 Å². The van der Waals surface area contributed by atoms with Crippen LogP contribution in [0.15, 0.2) is 46.9 Å². The zero-order valence-corrected chi connectivity index (χ0v) is 16.0. The Morgan fingerprint density at radius 3 is 2.76 bits per heavy atom. The quantitative estimate of drug-likeness (QED) is 0.615. The van der Waals surface area contributed by atoms with Crippen LogP contribution in [0, 0.1) is 0 Å². The van der Waals surface area contributed by atoms with Gasteiger partial charge in [-0.3, -0.25) is 0 Å². The highest BCUT2D eigenvalue weighted by Crippen LogP contribution is 2.25. The highest BCUT2D eigenvalue weighted by atomic mass is 79.9. The van der Waals surface area contributed by atoms with Gasteiger partial charge < -0.3 is 10.1 Å². The number of aryl methyl sites for hydroxylation is 1. The van der Waals surface area contributed by atoms with E-state index < -0.39 is 0 Å². The smallest absolute Gasteiger partial charge is 0.243 e. The van der Waals surface area contributed by atoms with Crippen molar-refractivity contribution < 1.29 is 4.74 Å². The molecule has 0 aliphatic heterocycles. The summed E-state index contributed by atoms with van der Waals surface area (Å²) in [4.78, 5) is 0. The van der Waals surface area contributed by atoms with Crippen molar-refractivity contribution >= 4 is 33.5 Å². The number of nitrogens with zero attached hydrogens (tertiary/aromatic N) is 4. The van der Waals surface area contributed by atoms with E-state index in [2.05, 4.69) is 36.8 Å². The number of halogens is 2. The van der Waals surface area contributed by atoms with Gasteiger partial charge in [0.05, 0.1) is 0 Å². The van der Waals surface area contributed by atoms with Gasteiger partial charge in [0.1, 0.15) is 12.4 Å². The van der Waals surface area contributed by atoms with Gasteiger partial charge in [0, 0.05) is 28.1 Å². The highest BCUT2D eigenvalue weighted by molar-refractivity contribution is 9.10. The molecule has 130 valence electrons. The molecule has 0 saturated heterocycles. The number of hydrogen-bond acceptors (Lipinski definition) is 5. The Labute approximate surface area is 159 Å². The fourth-order valence-corrected chi connectivity index (χ4v) is 2.82. The summed E-state index contributed by atoms with van der Waals surface area (Å²) in [6, 6.07) is 13.5. The van der Waals surface area contributed by atoms with Crippen LogP contribution in [0.4, 0.5) is 5.95 Å². The van der Waals surface area contributed by atoms with Crippen LogP contribution < -0.4 is 10.1 Å². The minimum absolute atomic E-state index is 0.471. The maximum Gasteiger partial charge on any atom is 0.243 e. The predicted molar refractivity (Wildman–Crippen MR) is 101 cm³/mol. The number of anilines is 1. The first-order valence-corrected chi connectivity index (χ1v) is 8.98. The summed E-state index contributed by atoms with van der Waals surface area (Å²) in [7, 11) is 0. The van der Waals surface area contributed by atoms with Crippen LogP contribution in [0.1, 0.15) is 18.1 Å². The number of aromatic nitrogens is 4. The van der Waals surface area contributed by atoms with E-state index in [0.29, 0.717) is 30.7 Å². The molecule has 0 radical (unpaired) electrons. The van der Waals surface area contributed by atoms with Gasteiger partial charge in [0.25, 0.3) is 0 Å². The van der Waals surface area contributed by atoms with E-state index in [1.807, 2.05) is 49.4 Å². The zero-order valence-electron chi connectivity index (χ0n) is 13.6. The molecule has 0 atom stereocenters. The van der Waals surface area contributed by atoms with Crippen LogP contribution in [0.3, 0.4) is 0 Å². The topological polar surface area (TPSA) is 64.9 Å². The van der Waals surface area contributed by atoms with Crippen molar-refractivity contribution in [2.75, 3.05) is 5.32 Å². The Hall–Kier alpha value is -2.12. The molecule has 1 N–H and O–H groups in total. The molecule has 3 aromatic rings. The maximum absolute atomic E-state index is 5.98. The summed E-state index contributed by atoms with van der Waals surface area (Å²) in [5, 5.41) is 15.5. The van der Waals surface area contributed by atoms with E-state index in [1.54, 1.807) is 4.68 Å². The zero-order chi connectivity index (χ0) is 17.6. The molecule has 3 rings (SSSR count). The molecule has 25 heavy (non-hydrogen) atoms. The second-order valence-electron chi connectivity index (χ2n) is 5.34. The molecule has 0 amide bonds. The Morgan fingerprint density at radius 2 is 2.00 bits per heavy atom. The minimum atomic E-state index is 0.471. The van der Waals surface area contributed by atoms with E-state index in [0.717, 1.165) is 21.3 Å². The third-order valence-electron chi connectivity index (χ3n) is 3.60. The molecule has 8 heteroatoms. The van der Waals surface area contributed by atoms with Crippen LogP contribution in [0.5, 0.6) is 5.75 Å². The molecule has 6 nitrogen and oxygen atoms in total. The third-order valence-corrected chi connectivity index (χ3v) is 4.34. The lowest BCUT2D eigenvalue weighted by molar-refractivity contribution is 0.303. The second-order valence-corrected chi connectivity index (χ2v) is 6.69. The fourth-order valence-electron chi connectivity index (χ4n) is 2.29. The molecule has 2 aromatic carbocycles. The van der Waals surface area contributed by atoms with Gasteiger partial charge >= 0.3 is 0 Å². The monoisotopic (exact) mass is 421 g/mol. The molecule has 1 aromatic heterocycles. The van der Waals surface area contributed by atoms with Crippen LogP contribution in [-0.4, -0.2) is 20.2 Å². The van der Waals surface area contributed by atoms with Gasteiger partial charge in [0.2, 0.25) is 5.95 Å². The maximum atomic E-state index is 5.98. The van der Waals surface area contributed by atoms with E-state index in [-0.39, 0.29) is 0 Å². The van der Waals surface area contributed by atoms with Gasteiger partial charge in [-0.25, -0.2) is 4.68 Å². The van der Waals surface area contributed by atoms with Crippen LogP contribution in [0.25, 0.3) is 0 Å². The normalized spacial score (nSPS) is 10.7. The Balaban J connectivity index is 1.70. The van der Waals surface area contributed by atoms with E-state index in [9.17, 15) is 0 Å². The standard InChI is InChI=1S/C17H17BrClN5O/c1-2-24-17(21-22-23-24)20-10-13-9-14(18)5-8-16(13)25-11-12-3-6-15(19)7-4-12/h3-9H,2,10-11H2,1H3,(H,20,21,23). The van der Waals surface area contributed by atoms with E-state index in [1.165, 1.54) is 0 Å². The second kappa shape index (κ2) is 8.31. The molecule has 0 saturated carbocycles. The summed E-state index contributed by atoms with van der Waals surface area (Å²) in [5.74, 6) is 1.44. The predicted octanol–water partition coefficient (Wildman–Crippen LogP) is 4.30. The van der Waals surface area contributed by atoms with Gasteiger partial charge in [0.15, 0.2) is 0 Å². The van der Waals surface area contributed by atoms with Crippen LogP contribution >= 0.6 is 27.5 Å². The summed E-state index contributed by atoms with van der Waals surface area (Å²) < 4.78 is 8.67. The molecule has 0 aliphatic rings. The molecule has 0 fully saturated rings. The largest absolute Gasteiger partial charge is 0.489 e. The number of benzene rings is 2. The van der Waals surface area contributed by atoms with Crippen molar-refractivity contribution in [2.24, 2.45) is 0 Å². The number of ether oxygens (including phenoxy) is 1. The lowest BCUT2D eigenvalue weighted by Crippen LogP contribution is -2.09. The van der Waals surface area contributed by atoms with E-state index >= 15 is 0 Å². The van der Waals surface area contributed by atoms with Crippen molar-refractivity contribution in [2.45, 2.75) is 26.6 Å². The molecular formula is C17H17BrClN5O. The van der Waals surface area contributed by atoms with Gasteiger partial charge in [-0.2, -0.15) is 0 Å². The van der Waals surface area contributed by atoms with Crippen LogP contribution in [-0.2, 0) is 19.7 Å². The van der Waals surface area contributed by atoms with Crippen molar-refractivity contribution in [1.82, 2.24) is 20.2 Å². The number of hydrogen-bond donors (Lipinski definition) is 1. The lowest BCUT2D eigenvalue weighted by atomic mass is 10.2. The Bertz CT molecular complexity index is 837. The Morgan fingerprint density at radius 1 is 1.20 bits per heavy atom. The fraction of sp³-hybridized carbons (Fsp3) is 0.235. The summed E-state index contributed by atoms with van der Waals surface area (Å²) in [6.45, 7) is 3.71. The summed E-state index contributed by atoms with van der Waals surface area (Å²) in [5.41, 5.74) is 2.06. The number of rotatable bonds is 7. The van der Waals surface area contributed by atoms with Crippen molar-refractivity contribution in [3.63, 3.8) is 0 Å². The molecular weight excluding hydrogens is 406 g/mol. The lowest BCUT2D eigenvalue weighted by Gasteiger charge is -2.13. The minimum Gasteiger partial charge on any atom is -0.489 e. The molecule has 0 aliphatic carbocycles. The summed E-state index contributed by atoms with van der Waals surface area (Å²) >= 11 is 9.42. The Kier molecular flexibility index (Phi) is 5.88. The molecule has 0 spiro atoms. The summed E-state index contributed by atoms with van der Waals surface area (Å²) in [6.07, 6.45) is 0. The third kappa shape index (κ3) is 4.70. The molecule has 1 heterocycles. The highest BCUT2D eigenvalue weighted by Gasteiger charge is 2.08. The van der Waals surface area contributed by atoms with Gasteiger partial charge in [-0.15, -0.1) is 0 Å². The first-order chi connectivity index (χ1) is 12.2.